The van der Waals surface area contributed by atoms with Crippen LogP contribution >= 0.6 is 0 Å². The summed E-state index contributed by atoms with van der Waals surface area (Å²) in [5.41, 5.74) is 1.01. The minimum Gasteiger partial charge on any atom is -0.412 e. The van der Waals surface area contributed by atoms with E-state index in [-0.39, 0.29) is 5.48 Å². The molecule has 1 aromatic heterocycles. The van der Waals surface area contributed by atoms with Crippen LogP contribution in [0.4, 0.5) is 0 Å². The van der Waals surface area contributed by atoms with Crippen LogP contribution in [0.3, 0.4) is 0 Å². The number of nitrogens with zero attached hydrogens (tertiary/aromatic N) is 2. The number of benzene rings is 1. The van der Waals surface area contributed by atoms with Crippen LogP contribution in [0.5, 0.6) is 0 Å². The van der Waals surface area contributed by atoms with Crippen molar-refractivity contribution in [3.05, 3.63) is 36.3 Å². The molecule has 0 spiro atoms. The summed E-state index contributed by atoms with van der Waals surface area (Å²) in [6.45, 7) is 1.90. The third-order valence-corrected chi connectivity index (χ3v) is 1.61. The predicted octanol–water partition coefficient (Wildman–Crippen LogP) is 1.11. The summed E-state index contributed by atoms with van der Waals surface area (Å²) in [5.74, 6) is 0.823. The van der Waals surface area contributed by atoms with Gasteiger partial charge in [0.15, 0.2) is 0 Å². The van der Waals surface area contributed by atoms with Crippen LogP contribution in [0.1, 0.15) is 5.82 Å². The van der Waals surface area contributed by atoms with Crippen molar-refractivity contribution in [2.24, 2.45) is 0 Å². The molecule has 0 fully saturated rings. The molecular weight excluding hydrogens is 152 g/mol. The zero-order valence-corrected chi connectivity index (χ0v) is 6.78. The molecule has 0 aliphatic carbocycles. The highest BCUT2D eigenvalue weighted by Gasteiger charge is 1.92. The van der Waals surface area contributed by atoms with Crippen molar-refractivity contribution in [3.63, 3.8) is 0 Å². The topological polar surface area (TPSA) is 57.3 Å². The third-order valence-electron chi connectivity index (χ3n) is 1.61. The van der Waals surface area contributed by atoms with E-state index >= 15 is 0 Å². The van der Waals surface area contributed by atoms with Gasteiger partial charge in [-0.25, -0.2) is 9.97 Å². The molecule has 0 amide bonds. The first kappa shape index (κ1) is 8.62. The lowest BCUT2D eigenvalue weighted by Gasteiger charge is -1.95. The van der Waals surface area contributed by atoms with Crippen molar-refractivity contribution in [1.29, 1.82) is 0 Å². The second-order valence-electron chi connectivity index (χ2n) is 2.48. The van der Waals surface area contributed by atoms with Crippen LogP contribution in [0.2, 0.25) is 0 Å². The fourth-order valence-electron chi connectivity index (χ4n) is 1.06. The lowest BCUT2D eigenvalue weighted by Crippen LogP contribution is -1.86. The largest absolute Gasteiger partial charge is 0.412 e. The van der Waals surface area contributed by atoms with Gasteiger partial charge in [-0.2, -0.15) is 0 Å². The van der Waals surface area contributed by atoms with Gasteiger partial charge in [0.2, 0.25) is 0 Å². The molecular formula is C9H10N2O. The highest BCUT2D eigenvalue weighted by atomic mass is 16.0. The summed E-state index contributed by atoms with van der Waals surface area (Å²) in [6.07, 6.45) is 1.84. The molecule has 0 saturated heterocycles. The molecule has 1 aromatic carbocycles. The molecule has 3 heteroatoms. The fourth-order valence-corrected chi connectivity index (χ4v) is 1.06. The number of aryl methyl sites for hydroxylation is 1. The number of hydrogen-bond donors (Lipinski definition) is 0. The van der Waals surface area contributed by atoms with Gasteiger partial charge in [-0.15, -0.1) is 0 Å². The Balaban J connectivity index is 0.000000720. The molecule has 0 bridgehead atoms. The van der Waals surface area contributed by atoms with Crippen molar-refractivity contribution < 1.29 is 5.48 Å². The quantitative estimate of drug-likeness (QED) is 0.582. The average molecular weight is 162 g/mol. The van der Waals surface area contributed by atoms with Crippen LogP contribution in [0.15, 0.2) is 30.5 Å². The highest BCUT2D eigenvalue weighted by Crippen LogP contribution is 2.08. The Morgan fingerprint density at radius 2 is 1.92 bits per heavy atom. The first-order valence-corrected chi connectivity index (χ1v) is 3.55. The average Bonchev–Trinajstić information content (AvgIpc) is 2.04. The minimum atomic E-state index is 0. The monoisotopic (exact) mass is 162 g/mol. The van der Waals surface area contributed by atoms with Crippen molar-refractivity contribution in [3.8, 4) is 0 Å². The molecule has 2 rings (SSSR count). The zero-order valence-electron chi connectivity index (χ0n) is 6.78. The van der Waals surface area contributed by atoms with Crippen LogP contribution in [-0.4, -0.2) is 15.4 Å². The number of para-hydroxylation sites is 1. The number of hydrogen-bond acceptors (Lipinski definition) is 2. The molecule has 0 radical (unpaired) electrons. The van der Waals surface area contributed by atoms with Gasteiger partial charge in [0.05, 0.1) is 5.52 Å². The molecule has 0 aliphatic heterocycles. The summed E-state index contributed by atoms with van der Waals surface area (Å²) in [5, 5.41) is 1.10. The maximum absolute atomic E-state index is 4.26. The van der Waals surface area contributed by atoms with Gasteiger partial charge >= 0.3 is 0 Å². The molecule has 0 aliphatic rings. The normalized spacial score (nSPS) is 9.42. The fraction of sp³-hybridized carbons (Fsp3) is 0.111. The Bertz CT molecular complexity index is 387. The van der Waals surface area contributed by atoms with Gasteiger partial charge in [0.25, 0.3) is 0 Å². The molecule has 3 nitrogen and oxygen atoms in total. The van der Waals surface area contributed by atoms with Crippen LogP contribution in [0.25, 0.3) is 10.9 Å². The summed E-state index contributed by atoms with van der Waals surface area (Å²) in [7, 11) is 0. The summed E-state index contributed by atoms with van der Waals surface area (Å²) >= 11 is 0. The smallest absolute Gasteiger partial charge is 0.125 e. The maximum atomic E-state index is 4.26. The number of aromatic nitrogens is 2. The molecule has 12 heavy (non-hydrogen) atoms. The van der Waals surface area contributed by atoms with Crippen LogP contribution < -0.4 is 0 Å². The predicted molar refractivity (Wildman–Crippen MR) is 47.9 cm³/mol. The molecule has 1 heterocycles. The second kappa shape index (κ2) is 3.28. The third kappa shape index (κ3) is 1.40. The van der Waals surface area contributed by atoms with Gasteiger partial charge in [-0.05, 0) is 13.0 Å². The summed E-state index contributed by atoms with van der Waals surface area (Å²) < 4.78 is 0. The Morgan fingerprint density at radius 3 is 2.75 bits per heavy atom. The Labute approximate surface area is 70.4 Å². The second-order valence-corrected chi connectivity index (χ2v) is 2.48. The lowest BCUT2D eigenvalue weighted by molar-refractivity contribution is 0.824. The SMILES string of the molecule is Cc1ncc2ccccc2n1.O. The van der Waals surface area contributed by atoms with Crippen molar-refractivity contribution >= 4 is 10.9 Å². The lowest BCUT2D eigenvalue weighted by atomic mass is 10.2. The van der Waals surface area contributed by atoms with E-state index in [1.807, 2.05) is 37.4 Å². The number of rotatable bonds is 0. The highest BCUT2D eigenvalue weighted by molar-refractivity contribution is 5.77. The summed E-state index contributed by atoms with van der Waals surface area (Å²) in [4.78, 5) is 8.36. The van der Waals surface area contributed by atoms with E-state index in [9.17, 15) is 0 Å². The van der Waals surface area contributed by atoms with Gasteiger partial charge in [0, 0.05) is 11.6 Å². The van der Waals surface area contributed by atoms with Crippen molar-refractivity contribution in [2.75, 3.05) is 0 Å². The van der Waals surface area contributed by atoms with Gasteiger partial charge in [0.1, 0.15) is 5.82 Å². The maximum Gasteiger partial charge on any atom is 0.125 e. The standard InChI is InChI=1S/C9H8N2.H2O/c1-7-10-6-8-4-2-3-5-9(8)11-7;/h2-6H,1H3;1H2. The van der Waals surface area contributed by atoms with E-state index < -0.39 is 0 Å². The molecule has 62 valence electrons. The molecule has 2 aromatic rings. The van der Waals surface area contributed by atoms with Gasteiger partial charge in [-0.3, -0.25) is 0 Å². The van der Waals surface area contributed by atoms with E-state index in [0.717, 1.165) is 16.7 Å². The van der Waals surface area contributed by atoms with Gasteiger partial charge in [-0.1, -0.05) is 18.2 Å². The van der Waals surface area contributed by atoms with Crippen molar-refractivity contribution in [2.45, 2.75) is 6.92 Å². The first-order valence-electron chi connectivity index (χ1n) is 3.55. The molecule has 0 unspecified atom stereocenters. The summed E-state index contributed by atoms with van der Waals surface area (Å²) in [6, 6.07) is 7.97. The van der Waals surface area contributed by atoms with E-state index in [1.165, 1.54) is 0 Å². The van der Waals surface area contributed by atoms with Crippen LogP contribution in [0, 0.1) is 6.92 Å². The Hall–Kier alpha value is -1.48. The molecule has 2 N–H and O–H groups in total. The molecule has 0 atom stereocenters. The molecule has 0 saturated carbocycles. The van der Waals surface area contributed by atoms with Crippen LogP contribution in [-0.2, 0) is 0 Å². The van der Waals surface area contributed by atoms with E-state index in [4.69, 9.17) is 0 Å². The van der Waals surface area contributed by atoms with Gasteiger partial charge < -0.3 is 5.48 Å². The Morgan fingerprint density at radius 1 is 1.17 bits per heavy atom. The number of fused-ring (bicyclic) bond motifs is 1. The van der Waals surface area contributed by atoms with E-state index in [2.05, 4.69) is 9.97 Å². The van der Waals surface area contributed by atoms with Crippen molar-refractivity contribution in [1.82, 2.24) is 9.97 Å². The Kier molecular flexibility index (Phi) is 2.35. The minimum absolute atomic E-state index is 0. The zero-order chi connectivity index (χ0) is 7.68. The van der Waals surface area contributed by atoms with E-state index in [1.54, 1.807) is 0 Å². The first-order chi connectivity index (χ1) is 5.36. The van der Waals surface area contributed by atoms with E-state index in [0.29, 0.717) is 0 Å².